The lowest BCUT2D eigenvalue weighted by Gasteiger charge is -2.36. The molecule has 29 heavy (non-hydrogen) atoms. The first kappa shape index (κ1) is 21.0. The van der Waals surface area contributed by atoms with Gasteiger partial charge >= 0.3 is 0 Å². The fourth-order valence-electron chi connectivity index (χ4n) is 4.04. The lowest BCUT2D eigenvalue weighted by Crippen LogP contribution is -2.54. The minimum atomic E-state index is -3.49. The predicted octanol–water partition coefficient (Wildman–Crippen LogP) is 3.01. The lowest BCUT2D eigenvalue weighted by molar-refractivity contribution is -0.137. The molecule has 1 amide bonds. The molecule has 0 N–H and O–H groups in total. The van der Waals surface area contributed by atoms with E-state index in [1.807, 2.05) is 23.1 Å². The normalized spacial score (nSPS) is 21.6. The van der Waals surface area contributed by atoms with Crippen molar-refractivity contribution in [1.29, 1.82) is 0 Å². The van der Waals surface area contributed by atoms with Gasteiger partial charge in [0.25, 0.3) is 10.0 Å². The van der Waals surface area contributed by atoms with Crippen LogP contribution in [0.25, 0.3) is 0 Å². The number of benzene rings is 1. The van der Waals surface area contributed by atoms with Gasteiger partial charge in [0.15, 0.2) is 0 Å². The molecule has 3 heterocycles. The summed E-state index contributed by atoms with van der Waals surface area (Å²) in [6, 6.07) is 13.5. The summed E-state index contributed by atoms with van der Waals surface area (Å²) in [6.07, 6.45) is 1.89. The Balaban J connectivity index is 1.37. The highest BCUT2D eigenvalue weighted by molar-refractivity contribution is 9.11. The minimum absolute atomic E-state index is 0.105. The van der Waals surface area contributed by atoms with E-state index in [1.165, 1.54) is 21.2 Å². The number of nitrogens with zero attached hydrogens (tertiary/aromatic N) is 3. The Kier molecular flexibility index (Phi) is 6.41. The lowest BCUT2D eigenvalue weighted by atomic mass is 10.1. The molecule has 2 saturated heterocycles. The van der Waals surface area contributed by atoms with Crippen LogP contribution in [-0.4, -0.2) is 67.2 Å². The third-order valence-electron chi connectivity index (χ3n) is 5.57. The Hall–Kier alpha value is -1.26. The van der Waals surface area contributed by atoms with Gasteiger partial charge in [-0.2, -0.15) is 4.31 Å². The van der Waals surface area contributed by atoms with E-state index in [1.54, 1.807) is 12.1 Å². The van der Waals surface area contributed by atoms with Crippen molar-refractivity contribution >= 4 is 43.2 Å². The Labute approximate surface area is 184 Å². The van der Waals surface area contributed by atoms with Crippen LogP contribution in [0.15, 0.2) is 50.5 Å². The molecule has 2 aliphatic heterocycles. The highest BCUT2D eigenvalue weighted by Gasteiger charge is 2.37. The molecule has 2 aromatic rings. The number of carbonyl (C=O) groups is 1. The highest BCUT2D eigenvalue weighted by Crippen LogP contribution is 2.29. The molecule has 6 nitrogen and oxygen atoms in total. The summed E-state index contributed by atoms with van der Waals surface area (Å²) >= 11 is 4.54. The molecule has 0 radical (unpaired) electrons. The molecule has 0 aliphatic carbocycles. The molecule has 9 heteroatoms. The molecule has 0 saturated carbocycles. The van der Waals surface area contributed by atoms with E-state index in [4.69, 9.17) is 0 Å². The third kappa shape index (κ3) is 4.59. The zero-order valence-electron chi connectivity index (χ0n) is 16.0. The second-order valence-electron chi connectivity index (χ2n) is 7.40. The summed E-state index contributed by atoms with van der Waals surface area (Å²) in [5.74, 6) is 0.134. The minimum Gasteiger partial charge on any atom is -0.339 e. The number of hydrogen-bond acceptors (Lipinski definition) is 5. The van der Waals surface area contributed by atoms with Crippen molar-refractivity contribution in [3.63, 3.8) is 0 Å². The number of carbonyl (C=O) groups excluding carboxylic acids is 1. The molecule has 0 bridgehead atoms. The first-order valence-corrected chi connectivity index (χ1v) is 12.8. The Morgan fingerprint density at radius 1 is 1.03 bits per heavy atom. The molecule has 2 aliphatic rings. The van der Waals surface area contributed by atoms with Gasteiger partial charge in [-0.25, -0.2) is 8.42 Å². The molecule has 4 rings (SSSR count). The molecule has 1 aromatic carbocycles. The fourth-order valence-corrected chi connectivity index (χ4v) is 7.62. The highest BCUT2D eigenvalue weighted by atomic mass is 79.9. The third-order valence-corrected chi connectivity index (χ3v) is 9.56. The molecular formula is C20H24BrN3O3S2. The van der Waals surface area contributed by atoms with E-state index in [2.05, 4.69) is 33.0 Å². The van der Waals surface area contributed by atoms with Crippen LogP contribution in [-0.2, 0) is 21.4 Å². The maximum atomic E-state index is 13.1. The zero-order chi connectivity index (χ0) is 20.4. The van der Waals surface area contributed by atoms with Crippen LogP contribution in [0.4, 0.5) is 0 Å². The van der Waals surface area contributed by atoms with E-state index in [0.717, 1.165) is 29.7 Å². The van der Waals surface area contributed by atoms with Crippen LogP contribution in [0.1, 0.15) is 18.4 Å². The van der Waals surface area contributed by atoms with E-state index in [0.29, 0.717) is 30.4 Å². The first-order chi connectivity index (χ1) is 13.9. The number of rotatable bonds is 5. The first-order valence-electron chi connectivity index (χ1n) is 9.77. The molecule has 1 unspecified atom stereocenters. The van der Waals surface area contributed by atoms with Gasteiger partial charge < -0.3 is 4.90 Å². The average Bonchev–Trinajstić information content (AvgIpc) is 3.38. The maximum absolute atomic E-state index is 13.1. The van der Waals surface area contributed by atoms with Crippen LogP contribution >= 0.6 is 27.3 Å². The second-order valence-corrected chi connectivity index (χ2v) is 12.0. The molecule has 0 spiro atoms. The van der Waals surface area contributed by atoms with Gasteiger partial charge in [-0.1, -0.05) is 30.3 Å². The quantitative estimate of drug-likeness (QED) is 0.636. The van der Waals surface area contributed by atoms with Crippen LogP contribution in [0.3, 0.4) is 0 Å². The number of hydrogen-bond donors (Lipinski definition) is 0. The molecule has 1 atom stereocenters. The smallest absolute Gasteiger partial charge is 0.252 e. The van der Waals surface area contributed by atoms with Crippen molar-refractivity contribution in [3.05, 3.63) is 51.8 Å². The summed E-state index contributed by atoms with van der Waals surface area (Å²) in [7, 11) is -3.49. The maximum Gasteiger partial charge on any atom is 0.252 e. The number of halogens is 1. The average molecular weight is 498 g/mol. The van der Waals surface area contributed by atoms with Crippen molar-refractivity contribution < 1.29 is 13.2 Å². The Morgan fingerprint density at radius 2 is 1.76 bits per heavy atom. The molecule has 2 fully saturated rings. The van der Waals surface area contributed by atoms with Crippen molar-refractivity contribution in [2.24, 2.45) is 0 Å². The SMILES string of the molecule is O=C(C1CCCN1Cc1ccccc1)N1CCN(S(=O)(=O)c2ccc(Br)s2)CC1. The van der Waals surface area contributed by atoms with Gasteiger partial charge in [-0.05, 0) is 53.0 Å². The van der Waals surface area contributed by atoms with Crippen LogP contribution in [0.5, 0.6) is 0 Å². The standard InChI is InChI=1S/C20H24BrN3O3S2/c21-18-8-9-19(28-18)29(26,27)24-13-11-22(12-14-24)20(25)17-7-4-10-23(17)15-16-5-2-1-3-6-16/h1-3,5-6,8-9,17H,4,7,10-15H2. The number of thiophene rings is 1. The van der Waals surface area contributed by atoms with E-state index < -0.39 is 10.0 Å². The van der Waals surface area contributed by atoms with Crippen molar-refractivity contribution in [3.8, 4) is 0 Å². The Bertz CT molecular complexity index is 956. The number of sulfonamides is 1. The van der Waals surface area contributed by atoms with Gasteiger partial charge in [0.2, 0.25) is 5.91 Å². The summed E-state index contributed by atoms with van der Waals surface area (Å²) in [5, 5.41) is 0. The number of likely N-dealkylation sites (tertiary alicyclic amines) is 1. The van der Waals surface area contributed by atoms with E-state index >= 15 is 0 Å². The molecular weight excluding hydrogens is 474 g/mol. The largest absolute Gasteiger partial charge is 0.339 e. The topological polar surface area (TPSA) is 60.9 Å². The predicted molar refractivity (Wildman–Crippen MR) is 117 cm³/mol. The number of piperazine rings is 1. The van der Waals surface area contributed by atoms with E-state index in [9.17, 15) is 13.2 Å². The fraction of sp³-hybridized carbons (Fsp3) is 0.450. The van der Waals surface area contributed by atoms with Gasteiger partial charge in [0, 0.05) is 32.7 Å². The zero-order valence-corrected chi connectivity index (χ0v) is 19.3. The molecule has 1 aromatic heterocycles. The van der Waals surface area contributed by atoms with Gasteiger partial charge in [-0.15, -0.1) is 11.3 Å². The summed E-state index contributed by atoms with van der Waals surface area (Å²) < 4.78 is 28.2. The second kappa shape index (κ2) is 8.85. The van der Waals surface area contributed by atoms with Crippen molar-refractivity contribution in [1.82, 2.24) is 14.1 Å². The summed E-state index contributed by atoms with van der Waals surface area (Å²) in [5.41, 5.74) is 1.21. The van der Waals surface area contributed by atoms with E-state index in [-0.39, 0.29) is 11.9 Å². The van der Waals surface area contributed by atoms with Gasteiger partial charge in [0.1, 0.15) is 4.21 Å². The van der Waals surface area contributed by atoms with Crippen molar-refractivity contribution in [2.45, 2.75) is 29.6 Å². The summed E-state index contributed by atoms with van der Waals surface area (Å²) in [4.78, 5) is 17.2. The number of amides is 1. The van der Waals surface area contributed by atoms with Gasteiger partial charge in [0.05, 0.1) is 9.83 Å². The summed E-state index contributed by atoms with van der Waals surface area (Å²) in [6.45, 7) is 3.27. The van der Waals surface area contributed by atoms with Crippen LogP contribution < -0.4 is 0 Å². The Morgan fingerprint density at radius 3 is 2.41 bits per heavy atom. The monoisotopic (exact) mass is 497 g/mol. The van der Waals surface area contributed by atoms with Crippen LogP contribution in [0, 0.1) is 0 Å². The molecule has 156 valence electrons. The van der Waals surface area contributed by atoms with Crippen LogP contribution in [0.2, 0.25) is 0 Å². The van der Waals surface area contributed by atoms with Crippen molar-refractivity contribution in [2.75, 3.05) is 32.7 Å². The van der Waals surface area contributed by atoms with Gasteiger partial charge in [-0.3, -0.25) is 9.69 Å².